The van der Waals surface area contributed by atoms with E-state index in [1.54, 1.807) is 25.3 Å². The van der Waals surface area contributed by atoms with Crippen LogP contribution in [0.25, 0.3) is 6.08 Å². The largest absolute Gasteiger partial charge is 0.489 e. The van der Waals surface area contributed by atoms with Crippen LogP contribution in [-0.2, 0) is 19.0 Å². The van der Waals surface area contributed by atoms with Crippen LogP contribution in [-0.4, -0.2) is 18.1 Å². The molecular formula is C20H14F6N2O2S. The minimum Gasteiger partial charge on any atom is -0.489 e. The highest BCUT2D eigenvalue weighted by molar-refractivity contribution is 8.18. The fourth-order valence-electron chi connectivity index (χ4n) is 2.70. The maximum Gasteiger partial charge on any atom is 0.416 e. The number of likely N-dealkylation sites (N-methyl/N-ethyl adjacent to an activating group) is 1. The molecule has 31 heavy (non-hydrogen) atoms. The van der Waals surface area contributed by atoms with Gasteiger partial charge in [0.25, 0.3) is 0 Å². The number of benzene rings is 2. The Morgan fingerprint density at radius 1 is 1.03 bits per heavy atom. The number of halogens is 6. The first-order valence-electron chi connectivity index (χ1n) is 8.68. The molecule has 0 fully saturated rings. The summed E-state index contributed by atoms with van der Waals surface area (Å²) in [5, 5.41) is 2.44. The Balaban J connectivity index is 1.75. The highest BCUT2D eigenvalue weighted by atomic mass is 32.2. The lowest BCUT2D eigenvalue weighted by molar-refractivity contribution is -0.143. The van der Waals surface area contributed by atoms with Gasteiger partial charge in [-0.3, -0.25) is 4.79 Å². The minimum absolute atomic E-state index is 0.0788. The molecule has 0 bridgehead atoms. The molecule has 0 spiro atoms. The van der Waals surface area contributed by atoms with Crippen molar-refractivity contribution in [2.24, 2.45) is 4.99 Å². The van der Waals surface area contributed by atoms with Crippen molar-refractivity contribution in [1.82, 2.24) is 5.32 Å². The first kappa shape index (κ1) is 22.7. The molecule has 0 radical (unpaired) electrons. The third-order valence-electron chi connectivity index (χ3n) is 4.19. The summed E-state index contributed by atoms with van der Waals surface area (Å²) in [6.07, 6.45) is -8.14. The van der Waals surface area contributed by atoms with Crippen molar-refractivity contribution in [1.29, 1.82) is 0 Å². The van der Waals surface area contributed by atoms with Crippen LogP contribution in [0.2, 0.25) is 0 Å². The SMILES string of the molecule is CNC1=NC(=O)SC1=Cc1ccc(OCc2ccc(C(F)(F)F)cc2C(F)(F)F)cc1. The van der Waals surface area contributed by atoms with Crippen LogP contribution in [0, 0.1) is 0 Å². The fraction of sp³-hybridized carbons (Fsp3) is 0.200. The molecule has 1 aliphatic heterocycles. The number of amidine groups is 1. The third-order valence-corrected chi connectivity index (χ3v) is 4.98. The van der Waals surface area contributed by atoms with E-state index in [9.17, 15) is 31.1 Å². The van der Waals surface area contributed by atoms with Crippen molar-refractivity contribution >= 4 is 28.9 Å². The van der Waals surface area contributed by atoms with Gasteiger partial charge in [0.1, 0.15) is 18.2 Å². The molecule has 0 aromatic heterocycles. The lowest BCUT2D eigenvalue weighted by Gasteiger charge is -2.16. The lowest BCUT2D eigenvalue weighted by Crippen LogP contribution is -2.16. The second kappa shape index (κ2) is 8.66. The van der Waals surface area contributed by atoms with Gasteiger partial charge < -0.3 is 10.1 Å². The van der Waals surface area contributed by atoms with Crippen LogP contribution in [0.4, 0.5) is 31.1 Å². The normalized spacial score (nSPS) is 15.9. The number of nitrogens with zero attached hydrogens (tertiary/aromatic N) is 1. The number of aliphatic imine (C=N–C) groups is 1. The topological polar surface area (TPSA) is 50.7 Å². The van der Waals surface area contributed by atoms with Crippen LogP contribution in [0.5, 0.6) is 5.75 Å². The Hall–Kier alpha value is -2.95. The molecule has 0 aliphatic carbocycles. The molecule has 1 N–H and O–H groups in total. The van der Waals surface area contributed by atoms with E-state index in [2.05, 4.69) is 10.3 Å². The number of hydrogen-bond donors (Lipinski definition) is 1. The van der Waals surface area contributed by atoms with Gasteiger partial charge in [0, 0.05) is 12.6 Å². The Bertz CT molecular complexity index is 1040. The van der Waals surface area contributed by atoms with Gasteiger partial charge in [-0.2, -0.15) is 31.3 Å². The van der Waals surface area contributed by atoms with Gasteiger partial charge in [-0.1, -0.05) is 18.2 Å². The highest BCUT2D eigenvalue weighted by Crippen LogP contribution is 2.37. The second-order valence-electron chi connectivity index (χ2n) is 6.31. The number of ether oxygens (including phenoxy) is 1. The van der Waals surface area contributed by atoms with E-state index in [1.807, 2.05) is 0 Å². The molecule has 2 aromatic carbocycles. The number of nitrogens with one attached hydrogen (secondary N) is 1. The van der Waals surface area contributed by atoms with E-state index in [-0.39, 0.29) is 17.1 Å². The molecule has 1 aliphatic rings. The highest BCUT2D eigenvalue weighted by Gasteiger charge is 2.38. The summed E-state index contributed by atoms with van der Waals surface area (Å²) >= 11 is 0.950. The first-order valence-corrected chi connectivity index (χ1v) is 9.49. The van der Waals surface area contributed by atoms with Gasteiger partial charge in [0.2, 0.25) is 0 Å². The van der Waals surface area contributed by atoms with Crippen molar-refractivity contribution in [3.8, 4) is 5.75 Å². The summed E-state index contributed by atoms with van der Waals surface area (Å²) in [4.78, 5) is 15.8. The standard InChI is InChI=1S/C20H14F6N2O2S/c1-27-17-16(31-18(29)28-17)8-11-2-6-14(7-3-11)30-10-12-4-5-13(19(21,22)23)9-15(12)20(24,25)26/h2-9H,10H2,1H3,(H,27,28,29). The van der Waals surface area contributed by atoms with Crippen LogP contribution in [0.3, 0.4) is 0 Å². The Kier molecular flexibility index (Phi) is 6.35. The van der Waals surface area contributed by atoms with Crippen molar-refractivity contribution < 1.29 is 35.9 Å². The summed E-state index contributed by atoms with van der Waals surface area (Å²) in [7, 11) is 1.62. The van der Waals surface area contributed by atoms with Crippen molar-refractivity contribution in [3.63, 3.8) is 0 Å². The van der Waals surface area contributed by atoms with Crippen molar-refractivity contribution in [3.05, 3.63) is 69.6 Å². The quantitative estimate of drug-likeness (QED) is 0.558. The molecule has 0 unspecified atom stereocenters. The Morgan fingerprint density at radius 2 is 1.71 bits per heavy atom. The van der Waals surface area contributed by atoms with Crippen molar-refractivity contribution in [2.75, 3.05) is 7.05 Å². The number of rotatable bonds is 4. The number of amides is 1. The smallest absolute Gasteiger partial charge is 0.416 e. The summed E-state index contributed by atoms with van der Waals surface area (Å²) in [5.74, 6) is 0.658. The zero-order valence-electron chi connectivity index (χ0n) is 15.8. The average Bonchev–Trinajstić information content (AvgIpc) is 3.05. The van der Waals surface area contributed by atoms with Gasteiger partial charge in [-0.05, 0) is 47.7 Å². The molecule has 11 heteroatoms. The van der Waals surface area contributed by atoms with Crippen LogP contribution in [0.1, 0.15) is 22.3 Å². The molecule has 4 nitrogen and oxygen atoms in total. The number of alkyl halides is 6. The molecule has 0 atom stereocenters. The van der Waals surface area contributed by atoms with Gasteiger partial charge in [0.05, 0.1) is 16.0 Å². The maximum absolute atomic E-state index is 13.2. The second-order valence-corrected chi connectivity index (χ2v) is 7.31. The monoisotopic (exact) mass is 460 g/mol. The van der Waals surface area contributed by atoms with Crippen molar-refractivity contribution in [2.45, 2.75) is 19.0 Å². The molecule has 164 valence electrons. The first-order chi connectivity index (χ1) is 14.5. The van der Waals surface area contributed by atoms with Crippen LogP contribution < -0.4 is 10.1 Å². The molecule has 1 heterocycles. The lowest BCUT2D eigenvalue weighted by atomic mass is 10.0. The van der Waals surface area contributed by atoms with E-state index < -0.39 is 35.6 Å². The van der Waals surface area contributed by atoms with Gasteiger partial charge >= 0.3 is 17.6 Å². The number of hydrogen-bond acceptors (Lipinski definition) is 4. The van der Waals surface area contributed by atoms with E-state index >= 15 is 0 Å². The Morgan fingerprint density at radius 3 is 2.29 bits per heavy atom. The summed E-state index contributed by atoms with van der Waals surface area (Å²) in [6, 6.07) is 7.67. The Labute approximate surface area is 177 Å². The summed E-state index contributed by atoms with van der Waals surface area (Å²) in [5.41, 5.74) is -2.50. The van der Waals surface area contributed by atoms with E-state index in [1.165, 1.54) is 12.1 Å². The zero-order valence-corrected chi connectivity index (χ0v) is 16.6. The predicted molar refractivity (Wildman–Crippen MR) is 105 cm³/mol. The summed E-state index contributed by atoms with van der Waals surface area (Å²) in [6.45, 7) is -0.561. The number of carbonyl (C=O) groups excluding carboxylic acids is 1. The average molecular weight is 460 g/mol. The van der Waals surface area contributed by atoms with E-state index in [4.69, 9.17) is 4.74 Å². The summed E-state index contributed by atoms with van der Waals surface area (Å²) < 4.78 is 83.2. The molecule has 2 aromatic rings. The van der Waals surface area contributed by atoms with E-state index in [0.717, 1.165) is 17.8 Å². The molecule has 3 rings (SSSR count). The van der Waals surface area contributed by atoms with Crippen LogP contribution >= 0.6 is 11.8 Å². The van der Waals surface area contributed by atoms with E-state index in [0.29, 0.717) is 22.4 Å². The van der Waals surface area contributed by atoms with Crippen LogP contribution in [0.15, 0.2) is 52.4 Å². The molecule has 0 saturated carbocycles. The van der Waals surface area contributed by atoms with Gasteiger partial charge in [-0.25, -0.2) is 0 Å². The zero-order chi connectivity index (χ0) is 22.8. The van der Waals surface area contributed by atoms with Gasteiger partial charge in [0.15, 0.2) is 0 Å². The maximum atomic E-state index is 13.2. The predicted octanol–water partition coefficient (Wildman–Crippen LogP) is 6.13. The third kappa shape index (κ3) is 5.60. The number of carbonyl (C=O) groups is 1. The molecular weight excluding hydrogens is 446 g/mol. The number of thioether (sulfide) groups is 1. The fourth-order valence-corrected chi connectivity index (χ4v) is 3.47. The molecule has 0 saturated heterocycles. The molecule has 1 amide bonds. The van der Waals surface area contributed by atoms with Gasteiger partial charge in [-0.15, -0.1) is 0 Å². The minimum atomic E-state index is -4.96.